The van der Waals surface area contributed by atoms with Crippen LogP contribution >= 0.6 is 0 Å². The third-order valence-electron chi connectivity index (χ3n) is 2.00. The normalized spacial score (nSPS) is 13.7. The summed E-state index contributed by atoms with van der Waals surface area (Å²) < 4.78 is 4.20. The molecule has 0 aromatic rings. The lowest BCUT2D eigenvalue weighted by atomic mass is 10.3. The fourth-order valence-electron chi connectivity index (χ4n) is 1.22. The molecule has 16 heavy (non-hydrogen) atoms. The summed E-state index contributed by atoms with van der Waals surface area (Å²) in [5, 5.41) is 7.79. The minimum absolute atomic E-state index is 0.208. The first kappa shape index (κ1) is 14.8. The van der Waals surface area contributed by atoms with Crippen LogP contribution in [0.2, 0.25) is 0 Å². The summed E-state index contributed by atoms with van der Waals surface area (Å²) in [6.45, 7) is 4.29. The monoisotopic (exact) mass is 230 g/mol. The molecular weight excluding hydrogens is 208 g/mol. The molecule has 0 unspecified atom stereocenters. The smallest absolute Gasteiger partial charge is 0.329 e. The van der Waals surface area contributed by atoms with Crippen LogP contribution in [-0.4, -0.2) is 54.9 Å². The van der Waals surface area contributed by atoms with Crippen molar-refractivity contribution in [1.82, 2.24) is 9.80 Å². The number of nitrogens with zero attached hydrogens (tertiary/aromatic N) is 2. The number of carboxylic acid groups (broad SMARTS) is 1. The molecule has 1 aliphatic rings. The number of hydrogen-bond acceptors (Lipinski definition) is 4. The molecule has 1 aliphatic heterocycles. The maximum atomic E-state index is 9.47. The van der Waals surface area contributed by atoms with Gasteiger partial charge in [-0.05, 0) is 6.42 Å². The van der Waals surface area contributed by atoms with Crippen LogP contribution in [-0.2, 0) is 9.53 Å². The number of carbonyl (C=O) groups is 1. The van der Waals surface area contributed by atoms with Crippen LogP contribution in [0.15, 0.2) is 12.4 Å². The molecule has 0 atom stereocenters. The van der Waals surface area contributed by atoms with Gasteiger partial charge >= 0.3 is 5.97 Å². The zero-order valence-electron chi connectivity index (χ0n) is 10.3. The lowest BCUT2D eigenvalue weighted by Crippen LogP contribution is -2.23. The largest absolute Gasteiger partial charge is 0.480 e. The summed E-state index contributed by atoms with van der Waals surface area (Å²) in [6, 6.07) is 0. The third kappa shape index (κ3) is 8.11. The van der Waals surface area contributed by atoms with E-state index in [1.807, 2.05) is 0 Å². The molecule has 0 radical (unpaired) electrons. The number of aliphatic carboxylic acids is 1. The van der Waals surface area contributed by atoms with E-state index in [4.69, 9.17) is 5.11 Å². The molecule has 0 saturated heterocycles. The summed E-state index contributed by atoms with van der Waals surface area (Å²) in [6.07, 6.45) is 6.87. The van der Waals surface area contributed by atoms with Crippen molar-refractivity contribution in [2.24, 2.45) is 0 Å². The van der Waals surface area contributed by atoms with Gasteiger partial charge in [0.15, 0.2) is 0 Å². The molecule has 0 aliphatic carbocycles. The molecule has 5 nitrogen and oxygen atoms in total. The quantitative estimate of drug-likeness (QED) is 0.768. The highest BCUT2D eigenvalue weighted by atomic mass is 16.5. The summed E-state index contributed by atoms with van der Waals surface area (Å²) in [4.78, 5) is 14.0. The van der Waals surface area contributed by atoms with Crippen LogP contribution in [0.25, 0.3) is 0 Å². The number of carboxylic acids is 1. The van der Waals surface area contributed by atoms with E-state index in [1.165, 1.54) is 26.5 Å². The average Bonchev–Trinajstić information content (AvgIpc) is 2.62. The first-order chi connectivity index (χ1) is 7.60. The van der Waals surface area contributed by atoms with Gasteiger partial charge in [0.25, 0.3) is 0 Å². The summed E-state index contributed by atoms with van der Waals surface area (Å²) in [7, 11) is 3.44. The van der Waals surface area contributed by atoms with Crippen LogP contribution < -0.4 is 0 Å². The molecule has 5 heteroatoms. The second kappa shape index (κ2) is 9.03. The van der Waals surface area contributed by atoms with E-state index in [0.717, 1.165) is 6.67 Å². The Bertz CT molecular complexity index is 219. The van der Waals surface area contributed by atoms with E-state index in [-0.39, 0.29) is 6.61 Å². The van der Waals surface area contributed by atoms with Crippen molar-refractivity contribution in [3.05, 3.63) is 12.4 Å². The fraction of sp³-hybridized carbons (Fsp3) is 0.727. The maximum absolute atomic E-state index is 9.47. The van der Waals surface area contributed by atoms with Crippen molar-refractivity contribution in [1.29, 1.82) is 0 Å². The van der Waals surface area contributed by atoms with E-state index >= 15 is 0 Å². The highest BCUT2D eigenvalue weighted by Gasteiger charge is 2.05. The minimum Gasteiger partial charge on any atom is -0.480 e. The second-order valence-corrected chi connectivity index (χ2v) is 3.69. The lowest BCUT2D eigenvalue weighted by molar-refractivity contribution is -0.141. The lowest BCUT2D eigenvalue weighted by Gasteiger charge is -2.17. The Morgan fingerprint density at radius 3 is 2.50 bits per heavy atom. The van der Waals surface area contributed by atoms with Crippen molar-refractivity contribution < 1.29 is 14.6 Å². The molecule has 94 valence electrons. The van der Waals surface area contributed by atoms with Gasteiger partial charge in [0, 0.05) is 33.1 Å². The molecular formula is C11H22N2O3. The van der Waals surface area contributed by atoms with Gasteiger partial charge in [-0.15, -0.1) is 0 Å². The Kier molecular flexibility index (Phi) is 8.34. The molecule has 0 amide bonds. The van der Waals surface area contributed by atoms with Gasteiger partial charge in [0.05, 0.1) is 6.67 Å². The van der Waals surface area contributed by atoms with Crippen LogP contribution in [0.1, 0.15) is 19.8 Å². The van der Waals surface area contributed by atoms with Gasteiger partial charge in [-0.3, -0.25) is 0 Å². The van der Waals surface area contributed by atoms with Gasteiger partial charge in [-0.2, -0.15) is 0 Å². The van der Waals surface area contributed by atoms with Crippen molar-refractivity contribution in [3.8, 4) is 0 Å². The predicted molar refractivity (Wildman–Crippen MR) is 62.9 cm³/mol. The minimum atomic E-state index is -0.933. The van der Waals surface area contributed by atoms with Crippen LogP contribution in [0.5, 0.6) is 0 Å². The van der Waals surface area contributed by atoms with Crippen LogP contribution in [0.4, 0.5) is 0 Å². The number of rotatable bonds is 5. The molecule has 1 N–H and O–H groups in total. The Hall–Kier alpha value is -1.23. The molecule has 1 heterocycles. The average molecular weight is 230 g/mol. The summed E-state index contributed by atoms with van der Waals surface area (Å²) in [5.74, 6) is -0.933. The van der Waals surface area contributed by atoms with Crippen molar-refractivity contribution in [2.45, 2.75) is 19.8 Å². The van der Waals surface area contributed by atoms with Gasteiger partial charge in [0.1, 0.15) is 6.61 Å². The zero-order valence-corrected chi connectivity index (χ0v) is 10.3. The van der Waals surface area contributed by atoms with Gasteiger partial charge < -0.3 is 19.6 Å². The zero-order chi connectivity index (χ0) is 12.4. The van der Waals surface area contributed by atoms with Gasteiger partial charge in [-0.25, -0.2) is 4.79 Å². The highest BCUT2D eigenvalue weighted by molar-refractivity contribution is 5.67. The van der Waals surface area contributed by atoms with E-state index in [2.05, 4.69) is 40.9 Å². The van der Waals surface area contributed by atoms with Crippen molar-refractivity contribution >= 4 is 5.97 Å². The second-order valence-electron chi connectivity index (χ2n) is 3.69. The van der Waals surface area contributed by atoms with Crippen molar-refractivity contribution in [2.75, 3.05) is 34.0 Å². The standard InChI is InChI=1S/C8H16N2.C3H6O3/c1-3-4-5-10-7-6-9(2)8-10;1-6-2-3(4)5/h6-7H,3-5,8H2,1-2H3;2H2,1H3,(H,4,5). The number of unbranched alkanes of at least 4 members (excludes halogenated alkanes) is 1. The number of ether oxygens (including phenoxy) is 1. The number of methoxy groups -OCH3 is 1. The van der Waals surface area contributed by atoms with Crippen LogP contribution in [0, 0.1) is 0 Å². The van der Waals surface area contributed by atoms with E-state index < -0.39 is 5.97 Å². The summed E-state index contributed by atoms with van der Waals surface area (Å²) >= 11 is 0. The molecule has 0 aromatic heterocycles. The highest BCUT2D eigenvalue weighted by Crippen LogP contribution is 2.04. The van der Waals surface area contributed by atoms with E-state index in [0.29, 0.717) is 0 Å². The van der Waals surface area contributed by atoms with Gasteiger partial charge in [-0.1, -0.05) is 13.3 Å². The Labute approximate surface area is 97.3 Å². The Balaban J connectivity index is 0.000000325. The fourth-order valence-corrected chi connectivity index (χ4v) is 1.22. The first-order valence-corrected chi connectivity index (χ1v) is 5.43. The van der Waals surface area contributed by atoms with E-state index in [1.54, 1.807) is 0 Å². The Morgan fingerprint density at radius 2 is 2.19 bits per heavy atom. The Morgan fingerprint density at radius 1 is 1.50 bits per heavy atom. The summed E-state index contributed by atoms with van der Waals surface area (Å²) in [5.41, 5.74) is 0. The molecule has 0 spiro atoms. The van der Waals surface area contributed by atoms with Gasteiger partial charge in [0.2, 0.25) is 0 Å². The predicted octanol–water partition coefficient (Wildman–Crippen LogP) is 1.18. The molecule has 0 bridgehead atoms. The van der Waals surface area contributed by atoms with E-state index in [9.17, 15) is 4.79 Å². The molecule has 0 aromatic carbocycles. The third-order valence-corrected chi connectivity index (χ3v) is 2.00. The maximum Gasteiger partial charge on any atom is 0.329 e. The van der Waals surface area contributed by atoms with Crippen molar-refractivity contribution in [3.63, 3.8) is 0 Å². The van der Waals surface area contributed by atoms with Crippen LogP contribution in [0.3, 0.4) is 0 Å². The first-order valence-electron chi connectivity index (χ1n) is 5.43. The topological polar surface area (TPSA) is 53.0 Å². The molecule has 0 fully saturated rings. The molecule has 0 saturated carbocycles. The number of hydrogen-bond donors (Lipinski definition) is 1. The SMILES string of the molecule is CCCCN1C=CN(C)C1.COCC(=O)O. The molecule has 1 rings (SSSR count).